The van der Waals surface area contributed by atoms with Crippen LogP contribution in [0.2, 0.25) is 0 Å². The molecule has 2 heterocycles. The van der Waals surface area contributed by atoms with Crippen molar-refractivity contribution in [1.29, 1.82) is 0 Å². The van der Waals surface area contributed by atoms with E-state index in [1.807, 2.05) is 55.4 Å². The average molecular weight is 1330 g/mol. The molecule has 8 atom stereocenters. The standard InChI is InChI=1S/C34H53N7O6.C25H37N5O5.C9H18N2O2/c1-5-9-24(28(43)32(46)37-23-14-15-23)38-26(42)20-41(19-21-12-13-21)33(47)29(34(2,3)4)40-31(45)27(22-10-7-6-8-11-22)39-30(44)25-18-35-16-17-36-25;1-25(2,3)21(24(35)30(15-19(31)32)14-16-9-10-16)29-23(34)20(17-7-5-4-6-8-17)28-22(33)18-13-26-11-12-27-18;1-2-3-7(10)8(12)9(13)11-6-4-5-6/h16-18,21-24,27-29,43H,5-15,19-20H2,1-4H3,(H,37,46)(H,38,42)(H,39,44)(H,40,45);11-13,16-17,20-21H,4-10,14-15H2,1-3H3,(H,28,33)(H,29,34)(H,31,32);6-8,12H,2-5,10H2,1H3,(H,11,13)/t24-,27-,28?,29+;20-,21+;7-,8?/m000/s1. The van der Waals surface area contributed by atoms with Crippen LogP contribution < -0.4 is 43.0 Å². The fourth-order valence-electron chi connectivity index (χ4n) is 11.9. The number of carboxylic acid groups (broad SMARTS) is 1. The van der Waals surface area contributed by atoms with Gasteiger partial charge in [-0.05, 0) is 124 Å². The number of hydrogen-bond donors (Lipinski definition) is 11. The van der Waals surface area contributed by atoms with Crippen LogP contribution in [0.25, 0.3) is 0 Å². The lowest BCUT2D eigenvalue weighted by molar-refractivity contribution is -0.147. The molecule has 0 saturated heterocycles. The number of amides is 9. The summed E-state index contributed by atoms with van der Waals surface area (Å²) in [5.41, 5.74) is 4.44. The van der Waals surface area contributed by atoms with Gasteiger partial charge in [0.2, 0.25) is 29.5 Å². The molecule has 12 N–H and O–H groups in total. The Kier molecular flexibility index (Phi) is 29.7. The maximum Gasteiger partial charge on any atom is 0.323 e. The third-order valence-electron chi connectivity index (χ3n) is 18.1. The van der Waals surface area contributed by atoms with Crippen molar-refractivity contribution in [2.45, 2.75) is 257 Å². The Morgan fingerprint density at radius 2 is 0.916 bits per heavy atom. The molecular weight excluding hydrogens is 1220 g/mol. The Morgan fingerprint density at radius 1 is 0.516 bits per heavy atom. The predicted molar refractivity (Wildman–Crippen MR) is 353 cm³/mol. The first-order valence-electron chi connectivity index (χ1n) is 34.6. The Morgan fingerprint density at radius 3 is 1.26 bits per heavy atom. The number of nitrogens with two attached hydrogens (primary N) is 1. The minimum Gasteiger partial charge on any atom is -0.480 e. The van der Waals surface area contributed by atoms with E-state index in [1.54, 1.807) is 0 Å². The van der Waals surface area contributed by atoms with Gasteiger partial charge >= 0.3 is 5.97 Å². The van der Waals surface area contributed by atoms with Crippen LogP contribution in [0.3, 0.4) is 0 Å². The van der Waals surface area contributed by atoms with Crippen molar-refractivity contribution < 1.29 is 63.3 Å². The fourth-order valence-corrected chi connectivity index (χ4v) is 11.9. The molecule has 0 bridgehead atoms. The molecule has 27 heteroatoms. The minimum atomic E-state index is -1.40. The topological polar surface area (TPSA) is 400 Å². The molecule has 6 aliphatic rings. The zero-order valence-corrected chi connectivity index (χ0v) is 57.1. The first-order valence-corrected chi connectivity index (χ1v) is 34.6. The van der Waals surface area contributed by atoms with Gasteiger partial charge in [0.25, 0.3) is 23.6 Å². The van der Waals surface area contributed by atoms with Crippen molar-refractivity contribution >= 4 is 59.1 Å². The lowest BCUT2D eigenvalue weighted by Crippen LogP contribution is -2.61. The second kappa shape index (κ2) is 36.7. The van der Waals surface area contributed by atoms with Crippen LogP contribution in [-0.4, -0.2) is 191 Å². The number of carbonyl (C=O) groups excluding carboxylic acids is 9. The van der Waals surface area contributed by atoms with E-state index in [9.17, 15) is 63.3 Å². The highest BCUT2D eigenvalue weighted by atomic mass is 16.4. The lowest BCUT2D eigenvalue weighted by Gasteiger charge is -2.37. The molecule has 2 aromatic heterocycles. The molecule has 528 valence electrons. The zero-order valence-electron chi connectivity index (χ0n) is 57.1. The van der Waals surface area contributed by atoms with E-state index in [0.29, 0.717) is 38.3 Å². The summed E-state index contributed by atoms with van der Waals surface area (Å²) in [6.45, 7) is 15.0. The Balaban J connectivity index is 0.000000260. The molecule has 0 aromatic carbocycles. The molecule has 8 rings (SSSR count). The fraction of sp³-hybridized carbons (Fsp3) is 0.735. The largest absolute Gasteiger partial charge is 0.480 e. The van der Waals surface area contributed by atoms with Gasteiger partial charge in [0.1, 0.15) is 48.2 Å². The van der Waals surface area contributed by atoms with E-state index in [1.165, 1.54) is 47.0 Å². The monoisotopic (exact) mass is 1330 g/mol. The summed E-state index contributed by atoms with van der Waals surface area (Å²) in [4.78, 5) is 149. The summed E-state index contributed by atoms with van der Waals surface area (Å²) < 4.78 is 0. The smallest absolute Gasteiger partial charge is 0.323 e. The highest BCUT2D eigenvalue weighted by Gasteiger charge is 2.44. The maximum atomic E-state index is 14.3. The van der Waals surface area contributed by atoms with Gasteiger partial charge in [0.15, 0.2) is 6.10 Å². The van der Waals surface area contributed by atoms with E-state index in [-0.39, 0.29) is 53.7 Å². The molecule has 2 unspecified atom stereocenters. The lowest BCUT2D eigenvalue weighted by atomic mass is 9.82. The maximum absolute atomic E-state index is 14.3. The molecule has 27 nitrogen and oxygen atoms in total. The summed E-state index contributed by atoms with van der Waals surface area (Å²) in [7, 11) is 0. The van der Waals surface area contributed by atoms with Crippen LogP contribution in [0.15, 0.2) is 37.2 Å². The first-order chi connectivity index (χ1) is 45.1. The Bertz CT molecular complexity index is 2850. The number of aliphatic carboxylic acids is 1. The number of aliphatic hydroxyl groups excluding tert-OH is 2. The summed E-state index contributed by atoms with van der Waals surface area (Å²) in [5, 5.41) is 49.4. The number of nitrogens with zero attached hydrogens (tertiary/aromatic N) is 6. The van der Waals surface area contributed by atoms with Crippen LogP contribution in [0.1, 0.15) is 218 Å². The molecule has 2 aromatic rings. The third kappa shape index (κ3) is 26.0. The summed E-state index contributed by atoms with van der Waals surface area (Å²) in [6.07, 6.45) is 25.3. The molecule has 6 aliphatic carbocycles. The van der Waals surface area contributed by atoms with Crippen molar-refractivity contribution in [1.82, 2.24) is 67.0 Å². The number of aliphatic hydroxyl groups is 2. The second-order valence-corrected chi connectivity index (χ2v) is 29.1. The van der Waals surface area contributed by atoms with Gasteiger partial charge in [-0.2, -0.15) is 0 Å². The van der Waals surface area contributed by atoms with Gasteiger partial charge < -0.3 is 68.1 Å². The van der Waals surface area contributed by atoms with E-state index >= 15 is 0 Å². The van der Waals surface area contributed by atoms with E-state index in [0.717, 1.165) is 122 Å². The number of carboxylic acids is 1. The van der Waals surface area contributed by atoms with Gasteiger partial charge in [0.05, 0.1) is 25.0 Å². The molecular formula is C68H108N14O13. The van der Waals surface area contributed by atoms with Crippen molar-refractivity contribution in [3.8, 4) is 0 Å². The van der Waals surface area contributed by atoms with Crippen LogP contribution in [0.5, 0.6) is 0 Å². The van der Waals surface area contributed by atoms with E-state index in [2.05, 4.69) is 57.2 Å². The first kappa shape index (κ1) is 76.8. The number of hydrogen-bond acceptors (Lipinski definition) is 17. The van der Waals surface area contributed by atoms with Crippen LogP contribution >= 0.6 is 0 Å². The van der Waals surface area contributed by atoms with Gasteiger partial charge in [-0.25, -0.2) is 9.97 Å². The molecule has 95 heavy (non-hydrogen) atoms. The number of nitrogens with one attached hydrogen (secondary N) is 7. The molecule has 6 fully saturated rings. The van der Waals surface area contributed by atoms with Crippen molar-refractivity contribution in [3.05, 3.63) is 48.6 Å². The highest BCUT2D eigenvalue weighted by molar-refractivity contribution is 5.99. The molecule has 0 spiro atoms. The van der Waals surface area contributed by atoms with Gasteiger partial charge in [0, 0.05) is 56.0 Å². The summed E-state index contributed by atoms with van der Waals surface area (Å²) in [6, 6.07) is -4.49. The third-order valence-corrected chi connectivity index (χ3v) is 18.1. The van der Waals surface area contributed by atoms with E-state index < -0.39 is 119 Å². The Hall–Kier alpha value is -7.26. The van der Waals surface area contributed by atoms with Crippen molar-refractivity contribution in [3.63, 3.8) is 0 Å². The molecule has 6 saturated carbocycles. The number of aromatic nitrogens is 4. The SMILES string of the molecule is CC(C)(C)[C@H](NC(=O)[C@@H](NC(=O)c1cnccn1)C1CCCCC1)C(=O)N(CC(=O)O)CC1CC1.CCC[C@H](N)C(O)C(=O)NC1CC1.CCC[C@H](NC(=O)CN(CC1CC1)C(=O)[C@@H](NC(=O)[C@@H](NC(=O)c1cnccn1)C1CCCCC1)C(C)(C)C)C(O)C(=O)NC1CC1. The van der Waals surface area contributed by atoms with E-state index in [4.69, 9.17) is 5.73 Å². The molecule has 0 aliphatic heterocycles. The summed E-state index contributed by atoms with van der Waals surface area (Å²) in [5.74, 6) is -4.72. The molecule has 0 radical (unpaired) electrons. The van der Waals surface area contributed by atoms with Gasteiger partial charge in [-0.15, -0.1) is 0 Å². The number of rotatable bonds is 31. The van der Waals surface area contributed by atoms with Crippen LogP contribution in [0, 0.1) is 34.5 Å². The normalized spacial score (nSPS) is 19.2. The van der Waals surface area contributed by atoms with Crippen molar-refractivity contribution in [2.24, 2.45) is 40.2 Å². The minimum absolute atomic E-state index is 0.0679. The molecule has 9 amide bonds. The van der Waals surface area contributed by atoms with Crippen molar-refractivity contribution in [2.75, 3.05) is 26.2 Å². The van der Waals surface area contributed by atoms with Crippen LogP contribution in [0.4, 0.5) is 0 Å². The summed E-state index contributed by atoms with van der Waals surface area (Å²) >= 11 is 0. The van der Waals surface area contributed by atoms with Gasteiger partial charge in [-0.3, -0.25) is 57.9 Å². The highest BCUT2D eigenvalue weighted by Crippen LogP contribution is 2.34. The zero-order chi connectivity index (χ0) is 69.6. The average Bonchev–Trinajstić information content (AvgIpc) is 1.85. The Labute approximate surface area is 559 Å². The predicted octanol–water partition coefficient (Wildman–Crippen LogP) is 3.61. The quantitative estimate of drug-likeness (QED) is 0.0513. The number of carbonyl (C=O) groups is 10. The van der Waals surface area contributed by atoms with Gasteiger partial charge in [-0.1, -0.05) is 107 Å². The van der Waals surface area contributed by atoms with Crippen LogP contribution in [-0.2, 0) is 38.4 Å². The second-order valence-electron chi connectivity index (χ2n) is 29.1.